The van der Waals surface area contributed by atoms with E-state index < -0.39 is 17.5 Å². The molecule has 54 heavy (non-hydrogen) atoms. The molecule has 4 aromatic rings. The molecule has 6 bridgehead atoms. The summed E-state index contributed by atoms with van der Waals surface area (Å²) in [6.45, 7) is 14.3. The van der Waals surface area contributed by atoms with Gasteiger partial charge >= 0.3 is 5.97 Å². The minimum atomic E-state index is -0.783. The second-order valence-electron chi connectivity index (χ2n) is 16.3. The van der Waals surface area contributed by atoms with E-state index in [0.717, 1.165) is 76.0 Å². The highest BCUT2D eigenvalue weighted by molar-refractivity contribution is 7.10. The van der Waals surface area contributed by atoms with Crippen LogP contribution < -0.4 is 16.1 Å². The number of nitrogens with two attached hydrogens (primary N) is 1. The summed E-state index contributed by atoms with van der Waals surface area (Å²) in [4.78, 5) is 42.2. The fourth-order valence-electron chi connectivity index (χ4n) is 8.91. The number of nitrogens with zero attached hydrogens (tertiary/aromatic N) is 6. The molecule has 4 atom stereocenters. The number of esters is 1. The van der Waals surface area contributed by atoms with Crippen molar-refractivity contribution >= 4 is 39.8 Å². The molecule has 0 radical (unpaired) electrons. The van der Waals surface area contributed by atoms with E-state index in [0.29, 0.717) is 38.3 Å². The van der Waals surface area contributed by atoms with E-state index in [1.165, 1.54) is 41.3 Å². The number of aryl methyl sites for hydroxylation is 1. The van der Waals surface area contributed by atoms with Crippen molar-refractivity contribution in [3.8, 4) is 22.5 Å². The fraction of sp³-hybridized carbons (Fsp3) is 0.561. The first-order valence-corrected chi connectivity index (χ1v) is 20.5. The number of rotatable bonds is 5. The Hall–Kier alpha value is -3.88. The number of fused-ring (bicyclic) bond motifs is 7. The maximum atomic E-state index is 13.6. The molecule has 0 saturated carbocycles. The molecule has 8 rings (SSSR count). The first-order valence-electron chi connectivity index (χ1n) is 19.6. The van der Waals surface area contributed by atoms with Gasteiger partial charge in [-0.25, -0.2) is 10.4 Å². The Morgan fingerprint density at radius 2 is 1.96 bits per heavy atom. The Labute approximate surface area is 322 Å². The number of pyridine rings is 1. The van der Waals surface area contributed by atoms with Crippen LogP contribution in [0.5, 0.6) is 0 Å². The summed E-state index contributed by atoms with van der Waals surface area (Å²) in [5, 5.41) is 5.49. The van der Waals surface area contributed by atoms with Crippen LogP contribution in [-0.4, -0.2) is 101 Å². The molecule has 3 saturated heterocycles. The van der Waals surface area contributed by atoms with Gasteiger partial charge in [0.25, 0.3) is 5.91 Å². The van der Waals surface area contributed by atoms with Crippen LogP contribution in [0, 0.1) is 5.41 Å². The molecule has 4 aliphatic heterocycles. The molecule has 13 heteroatoms. The average Bonchev–Trinajstić information content (AvgIpc) is 3.93. The number of hydrogen-bond donors (Lipinski definition) is 2. The van der Waals surface area contributed by atoms with Gasteiger partial charge in [-0.2, -0.15) is 0 Å². The number of piperazine rings is 1. The number of aromatic nitrogens is 3. The number of thiazole rings is 1. The number of hydrazine groups is 1. The molecule has 1 aromatic carbocycles. The summed E-state index contributed by atoms with van der Waals surface area (Å²) in [5.74, 6) is -0.597. The van der Waals surface area contributed by atoms with Crippen LogP contribution in [-0.2, 0) is 38.4 Å². The molecule has 288 valence electrons. The fourth-order valence-corrected chi connectivity index (χ4v) is 9.77. The predicted molar refractivity (Wildman–Crippen MR) is 212 cm³/mol. The second kappa shape index (κ2) is 15.0. The Bertz CT molecular complexity index is 2040. The Kier molecular flexibility index (Phi) is 10.3. The van der Waals surface area contributed by atoms with Gasteiger partial charge in [0.15, 0.2) is 0 Å². The quantitative estimate of drug-likeness (QED) is 0.258. The molecule has 12 nitrogen and oxygen atoms in total. The number of carbonyl (C=O) groups is 2. The number of methoxy groups -OCH3 is 1. The highest BCUT2D eigenvalue weighted by Gasteiger charge is 2.35. The van der Waals surface area contributed by atoms with Gasteiger partial charge < -0.3 is 24.7 Å². The van der Waals surface area contributed by atoms with Crippen molar-refractivity contribution in [2.45, 2.75) is 97.0 Å². The third-order valence-corrected chi connectivity index (χ3v) is 12.8. The summed E-state index contributed by atoms with van der Waals surface area (Å²) < 4.78 is 14.5. The van der Waals surface area contributed by atoms with E-state index in [2.05, 4.69) is 77.1 Å². The SMILES string of the molecule is CCn1c(-c2cc(N3CCN4CCC[C@@H]4C3)cnc2[C@H](C)OC)c2c3cc(ccc31)-c1csc(n1)C[C@H](N)C(=O)N1CCC[C@H](N1)C(=O)OCC(C)(C)C2. The lowest BCUT2D eigenvalue weighted by atomic mass is 9.84. The number of amides is 1. The van der Waals surface area contributed by atoms with Gasteiger partial charge in [-0.05, 0) is 76.3 Å². The van der Waals surface area contributed by atoms with Gasteiger partial charge in [-0.3, -0.25) is 24.5 Å². The van der Waals surface area contributed by atoms with Crippen molar-refractivity contribution in [1.29, 1.82) is 0 Å². The third-order valence-electron chi connectivity index (χ3n) is 11.9. The maximum absolute atomic E-state index is 13.6. The highest BCUT2D eigenvalue weighted by atomic mass is 32.1. The average molecular weight is 755 g/mol. The minimum Gasteiger partial charge on any atom is -0.464 e. The number of nitrogens with one attached hydrogen (secondary N) is 1. The standard InChI is InChI=1S/C41H54N8O4S/c1-6-48-35-12-11-26-17-29(35)31(38(48)30-18-28(21-43-37(30)25(2)52-5)47-16-15-46-13-7-9-27(46)22-47)20-41(3,4)24-53-40(51)33-10-8-14-49(45-33)39(50)32(42)19-36-44-34(26)23-54-36/h11-12,17-18,21,23,25,27,32-33,45H,6-10,13-16,19-20,22,24,42H2,1-5H3/t25-,27+,32-,33-/m0/s1. The predicted octanol–water partition coefficient (Wildman–Crippen LogP) is 5.33. The van der Waals surface area contributed by atoms with Gasteiger partial charge in [0.2, 0.25) is 0 Å². The number of hydrogen-bond acceptors (Lipinski definition) is 11. The van der Waals surface area contributed by atoms with Gasteiger partial charge in [0.1, 0.15) is 6.04 Å². The lowest BCUT2D eigenvalue weighted by Crippen LogP contribution is -2.59. The van der Waals surface area contributed by atoms with E-state index in [4.69, 9.17) is 25.2 Å². The molecule has 0 unspecified atom stereocenters. The van der Waals surface area contributed by atoms with Crippen molar-refractivity contribution in [2.24, 2.45) is 11.1 Å². The number of ether oxygens (including phenoxy) is 2. The van der Waals surface area contributed by atoms with E-state index in [-0.39, 0.29) is 24.6 Å². The van der Waals surface area contributed by atoms with Crippen LogP contribution in [0.25, 0.3) is 33.4 Å². The van der Waals surface area contributed by atoms with Crippen LogP contribution >= 0.6 is 11.3 Å². The van der Waals surface area contributed by atoms with E-state index >= 15 is 0 Å². The molecule has 1 amide bonds. The van der Waals surface area contributed by atoms with Crippen LogP contribution in [0.4, 0.5) is 5.69 Å². The van der Waals surface area contributed by atoms with Gasteiger partial charge in [0.05, 0.1) is 52.7 Å². The molecule has 4 aliphatic rings. The second-order valence-corrected chi connectivity index (χ2v) is 17.2. The summed E-state index contributed by atoms with van der Waals surface area (Å²) >= 11 is 1.52. The minimum absolute atomic E-state index is 0.218. The number of anilines is 1. The van der Waals surface area contributed by atoms with Gasteiger partial charge in [0, 0.05) is 85.1 Å². The van der Waals surface area contributed by atoms with Crippen molar-refractivity contribution in [3.63, 3.8) is 0 Å². The zero-order valence-corrected chi connectivity index (χ0v) is 33.1. The summed E-state index contributed by atoms with van der Waals surface area (Å²) in [6, 6.07) is 8.13. The Morgan fingerprint density at radius 1 is 1.13 bits per heavy atom. The van der Waals surface area contributed by atoms with Crippen LogP contribution in [0.1, 0.15) is 75.7 Å². The molecular weight excluding hydrogens is 701 g/mol. The third kappa shape index (κ3) is 7.05. The number of carbonyl (C=O) groups excluding carboxylic acids is 2. The first-order chi connectivity index (χ1) is 26.0. The van der Waals surface area contributed by atoms with Gasteiger partial charge in [-0.1, -0.05) is 19.9 Å². The Balaban J connectivity index is 1.28. The topological polar surface area (TPSA) is 131 Å². The lowest BCUT2D eigenvalue weighted by molar-refractivity contribution is -0.154. The van der Waals surface area contributed by atoms with Gasteiger partial charge in [-0.15, -0.1) is 11.3 Å². The van der Waals surface area contributed by atoms with Crippen LogP contribution in [0.15, 0.2) is 35.8 Å². The largest absolute Gasteiger partial charge is 0.464 e. The maximum Gasteiger partial charge on any atom is 0.324 e. The number of cyclic esters (lactones) is 1. The van der Waals surface area contributed by atoms with E-state index in [9.17, 15) is 9.59 Å². The normalized spacial score (nSPS) is 24.4. The molecule has 0 aliphatic carbocycles. The van der Waals surface area contributed by atoms with Crippen molar-refractivity contribution in [3.05, 3.63) is 52.1 Å². The Morgan fingerprint density at radius 3 is 2.78 bits per heavy atom. The van der Waals surface area contributed by atoms with Crippen LogP contribution in [0.2, 0.25) is 0 Å². The van der Waals surface area contributed by atoms with E-state index in [1.54, 1.807) is 7.11 Å². The van der Waals surface area contributed by atoms with E-state index in [1.807, 2.05) is 6.20 Å². The number of benzene rings is 1. The zero-order valence-electron chi connectivity index (χ0n) is 32.3. The van der Waals surface area contributed by atoms with Crippen molar-refractivity contribution < 1.29 is 19.1 Å². The zero-order chi connectivity index (χ0) is 37.7. The molecule has 7 heterocycles. The molecular formula is C41H54N8O4S. The molecule has 3 N–H and O–H groups in total. The highest BCUT2D eigenvalue weighted by Crippen LogP contribution is 2.43. The monoisotopic (exact) mass is 754 g/mol. The molecule has 3 fully saturated rings. The summed E-state index contributed by atoms with van der Waals surface area (Å²) in [7, 11) is 1.74. The lowest BCUT2D eigenvalue weighted by Gasteiger charge is -2.39. The van der Waals surface area contributed by atoms with Crippen LogP contribution in [0.3, 0.4) is 0 Å². The first kappa shape index (κ1) is 37.1. The summed E-state index contributed by atoms with van der Waals surface area (Å²) in [6.07, 6.45) is 6.55. The van der Waals surface area contributed by atoms with Crippen molar-refractivity contribution in [1.82, 2.24) is 29.9 Å². The smallest absolute Gasteiger partial charge is 0.324 e. The molecule has 3 aromatic heterocycles. The summed E-state index contributed by atoms with van der Waals surface area (Å²) in [5.41, 5.74) is 17.6. The molecule has 0 spiro atoms. The van der Waals surface area contributed by atoms with Crippen molar-refractivity contribution in [2.75, 3.05) is 51.3 Å².